The number of hydrogen-bond acceptors (Lipinski definition) is 9. The first kappa shape index (κ1) is 18.7. The minimum atomic E-state index is -3.81. The molecule has 9 nitrogen and oxygen atoms in total. The van der Waals surface area contributed by atoms with Gasteiger partial charge in [-0.25, -0.2) is 18.2 Å². The molecule has 0 unspecified atom stereocenters. The molecule has 0 amide bonds. The van der Waals surface area contributed by atoms with E-state index in [2.05, 4.69) is 4.98 Å². The lowest BCUT2D eigenvalue weighted by atomic mass is 10.2. The molecule has 0 radical (unpaired) electrons. The summed E-state index contributed by atoms with van der Waals surface area (Å²) in [7, 11) is -3.81. The Labute approximate surface area is 157 Å². The van der Waals surface area contributed by atoms with E-state index in [1.807, 2.05) is 0 Å². The Hall–Kier alpha value is -3.05. The van der Waals surface area contributed by atoms with Gasteiger partial charge in [-0.05, 0) is 24.3 Å². The molecule has 0 aliphatic heterocycles. The van der Waals surface area contributed by atoms with Crippen molar-refractivity contribution in [2.24, 2.45) is 0 Å². The molecule has 140 valence electrons. The van der Waals surface area contributed by atoms with E-state index >= 15 is 0 Å². The molecule has 0 atom stereocenters. The fourth-order valence-corrected chi connectivity index (χ4v) is 3.81. The maximum absolute atomic E-state index is 12.2. The molecular weight excluding hydrogens is 396 g/mol. The monoisotopic (exact) mass is 408 g/mol. The van der Waals surface area contributed by atoms with Crippen molar-refractivity contribution in [2.75, 3.05) is 6.26 Å². The number of rotatable bonds is 6. The van der Waals surface area contributed by atoms with Crippen LogP contribution in [0.2, 0.25) is 0 Å². The molecule has 11 heteroatoms. The first-order chi connectivity index (χ1) is 12.8. The molecule has 0 aliphatic rings. The molecule has 3 aromatic rings. The molecule has 3 rings (SSSR count). The van der Waals surface area contributed by atoms with Crippen LogP contribution in [0.25, 0.3) is 10.8 Å². The maximum Gasteiger partial charge on any atom is 0.338 e. The number of carbonyl (C=O) groups is 1. The van der Waals surface area contributed by atoms with Gasteiger partial charge in [-0.2, -0.15) is 0 Å². The van der Waals surface area contributed by atoms with Crippen LogP contribution < -0.4 is 0 Å². The lowest BCUT2D eigenvalue weighted by molar-refractivity contribution is -0.387. The van der Waals surface area contributed by atoms with E-state index in [4.69, 9.17) is 9.15 Å². The van der Waals surface area contributed by atoms with Crippen molar-refractivity contribution in [1.82, 2.24) is 4.98 Å². The van der Waals surface area contributed by atoms with Crippen molar-refractivity contribution >= 4 is 32.8 Å². The van der Waals surface area contributed by atoms with E-state index in [0.29, 0.717) is 16.5 Å². The molecule has 0 saturated carbocycles. The molecule has 0 aliphatic carbocycles. The minimum Gasteiger partial charge on any atom is -0.462 e. The fraction of sp³-hybridized carbons (Fsp3) is 0.125. The third-order valence-corrected chi connectivity index (χ3v) is 5.48. The number of carbonyl (C=O) groups excluding carboxylic acids is 1. The van der Waals surface area contributed by atoms with Gasteiger partial charge in [-0.1, -0.05) is 0 Å². The Bertz CT molecular complexity index is 1100. The molecule has 2 heterocycles. The number of thiazole rings is 1. The summed E-state index contributed by atoms with van der Waals surface area (Å²) in [5, 5.41) is 13.4. The maximum atomic E-state index is 12.2. The van der Waals surface area contributed by atoms with Crippen LogP contribution in [0.3, 0.4) is 0 Å². The van der Waals surface area contributed by atoms with Crippen molar-refractivity contribution in [3.8, 4) is 10.8 Å². The SMILES string of the molecule is CS(=O)(=O)c1ccc(C(=O)OCc2csc(-c3ccco3)n2)cc1[N+](=O)[O-]. The number of nitro groups is 1. The van der Waals surface area contributed by atoms with E-state index in [1.54, 1.807) is 17.5 Å². The predicted molar refractivity (Wildman–Crippen MR) is 95.1 cm³/mol. The summed E-state index contributed by atoms with van der Waals surface area (Å²) in [5.41, 5.74) is -0.321. The average Bonchev–Trinajstić information content (AvgIpc) is 3.29. The second-order valence-electron chi connectivity index (χ2n) is 5.41. The standard InChI is InChI=1S/C16H12N2O7S2/c1-27(22,23)14-5-4-10(7-12(14)18(20)21)16(19)25-8-11-9-26-15(17-11)13-3-2-6-24-13/h2-7,9H,8H2,1H3. The normalized spacial score (nSPS) is 11.3. The van der Waals surface area contributed by atoms with Gasteiger partial charge in [0.25, 0.3) is 5.69 Å². The van der Waals surface area contributed by atoms with Gasteiger partial charge in [0.05, 0.1) is 22.4 Å². The Morgan fingerprint density at radius 1 is 1.37 bits per heavy atom. The van der Waals surface area contributed by atoms with E-state index in [9.17, 15) is 23.3 Å². The van der Waals surface area contributed by atoms with E-state index in [1.165, 1.54) is 23.7 Å². The van der Waals surface area contributed by atoms with Crippen molar-refractivity contribution in [3.05, 3.63) is 63.3 Å². The molecule has 1 aromatic carbocycles. The summed E-state index contributed by atoms with van der Waals surface area (Å²) in [6, 6.07) is 6.54. The number of furan rings is 1. The van der Waals surface area contributed by atoms with Gasteiger partial charge in [0.15, 0.2) is 20.6 Å². The summed E-state index contributed by atoms with van der Waals surface area (Å²) in [6.45, 7) is -0.141. The molecular formula is C16H12N2O7S2. The van der Waals surface area contributed by atoms with Gasteiger partial charge < -0.3 is 9.15 Å². The van der Waals surface area contributed by atoms with Crippen LogP contribution in [0.1, 0.15) is 16.1 Å². The van der Waals surface area contributed by atoms with Gasteiger partial charge in [-0.3, -0.25) is 10.1 Å². The topological polar surface area (TPSA) is 130 Å². The number of esters is 1. The quantitative estimate of drug-likeness (QED) is 0.346. The summed E-state index contributed by atoms with van der Waals surface area (Å²) in [4.78, 5) is 26.2. The van der Waals surface area contributed by atoms with Crippen LogP contribution >= 0.6 is 11.3 Å². The number of ether oxygens (including phenoxy) is 1. The Balaban J connectivity index is 1.75. The zero-order valence-electron chi connectivity index (χ0n) is 13.8. The highest BCUT2D eigenvalue weighted by Gasteiger charge is 2.24. The van der Waals surface area contributed by atoms with Crippen molar-refractivity contribution in [3.63, 3.8) is 0 Å². The fourth-order valence-electron chi connectivity index (χ4n) is 2.21. The molecule has 0 spiro atoms. The molecule has 0 fully saturated rings. The highest BCUT2D eigenvalue weighted by Crippen LogP contribution is 2.26. The summed E-state index contributed by atoms with van der Waals surface area (Å²) in [6.07, 6.45) is 2.37. The number of nitro benzene ring substituents is 1. The van der Waals surface area contributed by atoms with Gasteiger partial charge in [0.1, 0.15) is 11.5 Å². The smallest absolute Gasteiger partial charge is 0.338 e. The van der Waals surface area contributed by atoms with E-state index < -0.39 is 31.3 Å². The zero-order valence-corrected chi connectivity index (χ0v) is 15.5. The summed E-state index contributed by atoms with van der Waals surface area (Å²) < 4.78 is 33.6. The summed E-state index contributed by atoms with van der Waals surface area (Å²) in [5.74, 6) is -0.240. The molecule has 27 heavy (non-hydrogen) atoms. The molecule has 2 aromatic heterocycles. The number of hydrogen-bond donors (Lipinski definition) is 0. The second kappa shape index (κ2) is 7.29. The van der Waals surface area contributed by atoms with Gasteiger partial charge in [0, 0.05) is 17.7 Å². The minimum absolute atomic E-state index is 0.129. The predicted octanol–water partition coefficient (Wildman–Crippen LogP) is 3.07. The molecule has 0 saturated heterocycles. The Morgan fingerprint density at radius 3 is 2.78 bits per heavy atom. The Morgan fingerprint density at radius 2 is 2.15 bits per heavy atom. The number of nitrogens with zero attached hydrogens (tertiary/aromatic N) is 2. The van der Waals surface area contributed by atoms with Gasteiger partial charge in [-0.15, -0.1) is 11.3 Å². The number of sulfone groups is 1. The van der Waals surface area contributed by atoms with E-state index in [-0.39, 0.29) is 12.2 Å². The number of benzene rings is 1. The number of aromatic nitrogens is 1. The van der Waals surface area contributed by atoms with Crippen LogP contribution in [-0.2, 0) is 21.2 Å². The first-order valence-corrected chi connectivity index (χ1v) is 10.2. The van der Waals surface area contributed by atoms with Crippen LogP contribution in [0.4, 0.5) is 5.69 Å². The van der Waals surface area contributed by atoms with Crippen LogP contribution in [0.5, 0.6) is 0 Å². The average molecular weight is 408 g/mol. The third kappa shape index (κ3) is 4.20. The summed E-state index contributed by atoms with van der Waals surface area (Å²) >= 11 is 1.31. The van der Waals surface area contributed by atoms with Crippen LogP contribution in [0.15, 0.2) is 51.3 Å². The molecule has 0 bridgehead atoms. The van der Waals surface area contributed by atoms with Crippen molar-refractivity contribution in [1.29, 1.82) is 0 Å². The lowest BCUT2D eigenvalue weighted by Crippen LogP contribution is -2.08. The van der Waals surface area contributed by atoms with Crippen molar-refractivity contribution < 1.29 is 27.3 Å². The largest absolute Gasteiger partial charge is 0.462 e. The lowest BCUT2D eigenvalue weighted by Gasteiger charge is -2.05. The van der Waals surface area contributed by atoms with E-state index in [0.717, 1.165) is 18.4 Å². The van der Waals surface area contributed by atoms with Crippen LogP contribution in [-0.4, -0.2) is 30.6 Å². The highest BCUT2D eigenvalue weighted by atomic mass is 32.2. The second-order valence-corrected chi connectivity index (χ2v) is 8.25. The highest BCUT2D eigenvalue weighted by molar-refractivity contribution is 7.90. The third-order valence-electron chi connectivity index (χ3n) is 3.43. The zero-order chi connectivity index (χ0) is 19.6. The van der Waals surface area contributed by atoms with Gasteiger partial charge >= 0.3 is 5.97 Å². The molecule has 0 N–H and O–H groups in total. The first-order valence-electron chi connectivity index (χ1n) is 7.39. The van der Waals surface area contributed by atoms with Gasteiger partial charge in [0.2, 0.25) is 0 Å². The van der Waals surface area contributed by atoms with Crippen LogP contribution in [0, 0.1) is 10.1 Å². The Kier molecular flexibility index (Phi) is 5.06. The van der Waals surface area contributed by atoms with Crippen molar-refractivity contribution in [2.45, 2.75) is 11.5 Å².